The van der Waals surface area contributed by atoms with Crippen molar-refractivity contribution in [2.45, 2.75) is 51.9 Å². The van der Waals surface area contributed by atoms with Crippen molar-refractivity contribution in [3.05, 3.63) is 0 Å². The van der Waals surface area contributed by atoms with Crippen molar-refractivity contribution < 1.29 is 14.3 Å². The fraction of sp³-hybridized carbons (Fsp3) is 0.833. The first-order chi connectivity index (χ1) is 7.70. The number of amides is 1. The number of nitrogens with one attached hydrogen (secondary N) is 1. The predicted octanol–water partition coefficient (Wildman–Crippen LogP) is 2.03. The summed E-state index contributed by atoms with van der Waals surface area (Å²) in [5.74, 6) is -0.0261. The molecule has 94 valence electrons. The van der Waals surface area contributed by atoms with Crippen LogP contribution < -0.4 is 5.32 Å². The van der Waals surface area contributed by atoms with Gasteiger partial charge in [-0.25, -0.2) is 0 Å². The van der Waals surface area contributed by atoms with Crippen molar-refractivity contribution in [2.24, 2.45) is 0 Å². The van der Waals surface area contributed by atoms with Gasteiger partial charge in [0.1, 0.15) is 0 Å². The highest BCUT2D eigenvalue weighted by atomic mass is 16.5. The molecule has 0 aliphatic rings. The summed E-state index contributed by atoms with van der Waals surface area (Å²) in [5, 5.41) is 2.86. The number of carbonyl (C=O) groups excluding carboxylic acids is 2. The summed E-state index contributed by atoms with van der Waals surface area (Å²) < 4.78 is 4.53. The molecule has 0 saturated heterocycles. The Bertz CT molecular complexity index is 204. The summed E-state index contributed by atoms with van der Waals surface area (Å²) in [4.78, 5) is 22.0. The fourth-order valence-corrected chi connectivity index (χ4v) is 1.33. The van der Waals surface area contributed by atoms with Gasteiger partial charge in [0.25, 0.3) is 0 Å². The lowest BCUT2D eigenvalue weighted by Crippen LogP contribution is -2.23. The van der Waals surface area contributed by atoms with Crippen molar-refractivity contribution in [1.29, 1.82) is 0 Å². The molecule has 0 atom stereocenters. The van der Waals surface area contributed by atoms with Crippen molar-refractivity contribution in [3.63, 3.8) is 0 Å². The molecule has 1 N–H and O–H groups in total. The summed E-state index contributed by atoms with van der Waals surface area (Å²) in [5.41, 5.74) is 0. The molecule has 4 nitrogen and oxygen atoms in total. The molecule has 0 aliphatic heterocycles. The van der Waals surface area contributed by atoms with Gasteiger partial charge in [-0.15, -0.1) is 0 Å². The third-order valence-corrected chi connectivity index (χ3v) is 2.36. The van der Waals surface area contributed by atoms with Gasteiger partial charge in [0.05, 0.1) is 7.11 Å². The first-order valence-corrected chi connectivity index (χ1v) is 6.04. The van der Waals surface area contributed by atoms with Crippen LogP contribution in [0.15, 0.2) is 0 Å². The smallest absolute Gasteiger partial charge is 0.305 e. The van der Waals surface area contributed by atoms with Gasteiger partial charge in [0.2, 0.25) is 5.91 Å². The Morgan fingerprint density at radius 1 is 1.06 bits per heavy atom. The topological polar surface area (TPSA) is 55.4 Å². The number of hydrogen-bond donors (Lipinski definition) is 1. The second-order valence-corrected chi connectivity index (χ2v) is 3.84. The van der Waals surface area contributed by atoms with Crippen molar-refractivity contribution in [3.8, 4) is 0 Å². The summed E-state index contributed by atoms with van der Waals surface area (Å²) in [6, 6.07) is 0. The van der Waals surface area contributed by atoms with Crippen LogP contribution in [0, 0.1) is 0 Å². The minimum Gasteiger partial charge on any atom is -0.469 e. The van der Waals surface area contributed by atoms with E-state index in [4.69, 9.17) is 0 Å². The molecule has 0 saturated carbocycles. The van der Waals surface area contributed by atoms with Crippen LogP contribution >= 0.6 is 0 Å². The molecular weight excluding hydrogens is 206 g/mol. The van der Waals surface area contributed by atoms with E-state index in [2.05, 4.69) is 17.0 Å². The van der Waals surface area contributed by atoms with Crippen LogP contribution in [0.25, 0.3) is 0 Å². The first-order valence-electron chi connectivity index (χ1n) is 6.04. The highest BCUT2D eigenvalue weighted by Crippen LogP contribution is 2.00. The molecule has 0 fully saturated rings. The first kappa shape index (κ1) is 14.9. The Morgan fingerprint density at radius 3 is 2.44 bits per heavy atom. The summed E-state index contributed by atoms with van der Waals surface area (Å²) >= 11 is 0. The molecule has 1 amide bonds. The van der Waals surface area contributed by atoms with E-state index in [1.165, 1.54) is 7.11 Å². The lowest BCUT2D eigenvalue weighted by atomic mass is 10.2. The number of hydrogen-bond acceptors (Lipinski definition) is 3. The van der Waals surface area contributed by atoms with Crippen LogP contribution in [0.2, 0.25) is 0 Å². The predicted molar refractivity (Wildman–Crippen MR) is 63.0 cm³/mol. The third-order valence-electron chi connectivity index (χ3n) is 2.36. The zero-order valence-electron chi connectivity index (χ0n) is 10.4. The lowest BCUT2D eigenvalue weighted by molar-refractivity contribution is -0.140. The molecule has 0 aromatic rings. The maximum atomic E-state index is 11.2. The molecule has 0 heterocycles. The van der Waals surface area contributed by atoms with Crippen LogP contribution in [-0.2, 0) is 14.3 Å². The van der Waals surface area contributed by atoms with Gasteiger partial charge in [-0.2, -0.15) is 0 Å². The Balaban J connectivity index is 3.20. The molecule has 0 spiro atoms. The number of carbonyl (C=O) groups is 2. The molecule has 0 aromatic heterocycles. The van der Waals surface area contributed by atoms with E-state index >= 15 is 0 Å². The molecular formula is C12H23NO3. The van der Waals surface area contributed by atoms with Crippen molar-refractivity contribution >= 4 is 11.9 Å². The number of ether oxygens (including phenoxy) is 1. The monoisotopic (exact) mass is 229 g/mol. The molecule has 0 aromatic carbocycles. The normalized spacial score (nSPS) is 9.88. The van der Waals surface area contributed by atoms with Crippen LogP contribution in [0.1, 0.15) is 51.9 Å². The molecule has 0 aliphatic carbocycles. The van der Waals surface area contributed by atoms with E-state index in [0.717, 1.165) is 32.1 Å². The second-order valence-electron chi connectivity index (χ2n) is 3.84. The third kappa shape index (κ3) is 9.49. The van der Waals surface area contributed by atoms with E-state index < -0.39 is 0 Å². The summed E-state index contributed by atoms with van der Waals surface area (Å²) in [6.45, 7) is 2.78. The average molecular weight is 229 g/mol. The minimum absolute atomic E-state index is 0.134. The zero-order valence-corrected chi connectivity index (χ0v) is 10.4. The van der Waals surface area contributed by atoms with Gasteiger partial charge < -0.3 is 10.1 Å². The second kappa shape index (κ2) is 10.5. The van der Waals surface area contributed by atoms with Gasteiger partial charge >= 0.3 is 5.97 Å². The van der Waals surface area contributed by atoms with Crippen LogP contribution in [-0.4, -0.2) is 25.5 Å². The quantitative estimate of drug-likeness (QED) is 0.486. The standard InChI is InChI=1S/C12H23NO3/c1-3-4-8-11(14)13-10-7-5-6-9-12(15)16-2/h3-10H2,1-2H3,(H,13,14). The number of unbranched alkanes of at least 4 members (excludes halogenated alkanes) is 3. The molecule has 0 unspecified atom stereocenters. The maximum absolute atomic E-state index is 11.2. The lowest BCUT2D eigenvalue weighted by Gasteiger charge is -2.04. The van der Waals surface area contributed by atoms with Gasteiger partial charge in [0.15, 0.2) is 0 Å². The highest BCUT2D eigenvalue weighted by molar-refractivity contribution is 5.75. The fourth-order valence-electron chi connectivity index (χ4n) is 1.33. The zero-order chi connectivity index (χ0) is 12.2. The largest absolute Gasteiger partial charge is 0.469 e. The van der Waals surface area contributed by atoms with E-state index in [1.54, 1.807) is 0 Å². The van der Waals surface area contributed by atoms with Crippen molar-refractivity contribution in [1.82, 2.24) is 5.32 Å². The van der Waals surface area contributed by atoms with Crippen molar-refractivity contribution in [2.75, 3.05) is 13.7 Å². The highest BCUT2D eigenvalue weighted by Gasteiger charge is 2.01. The van der Waals surface area contributed by atoms with E-state index in [-0.39, 0.29) is 11.9 Å². The Kier molecular flexibility index (Phi) is 9.76. The molecule has 16 heavy (non-hydrogen) atoms. The molecule has 0 radical (unpaired) electrons. The van der Waals surface area contributed by atoms with E-state index in [1.807, 2.05) is 0 Å². The van der Waals surface area contributed by atoms with Gasteiger partial charge in [-0.1, -0.05) is 19.8 Å². The average Bonchev–Trinajstić information content (AvgIpc) is 2.30. The minimum atomic E-state index is -0.160. The van der Waals surface area contributed by atoms with Gasteiger partial charge in [-0.05, 0) is 19.3 Å². The Labute approximate surface area is 97.7 Å². The van der Waals surface area contributed by atoms with Crippen LogP contribution in [0.3, 0.4) is 0 Å². The van der Waals surface area contributed by atoms with E-state index in [0.29, 0.717) is 19.4 Å². The SMILES string of the molecule is CCCCC(=O)NCCCCCC(=O)OC. The number of esters is 1. The summed E-state index contributed by atoms with van der Waals surface area (Å²) in [7, 11) is 1.40. The van der Waals surface area contributed by atoms with Crippen LogP contribution in [0.4, 0.5) is 0 Å². The van der Waals surface area contributed by atoms with Gasteiger partial charge in [-0.3, -0.25) is 9.59 Å². The summed E-state index contributed by atoms with van der Waals surface area (Å²) in [6.07, 6.45) is 5.80. The molecule has 0 bridgehead atoms. The van der Waals surface area contributed by atoms with Crippen LogP contribution in [0.5, 0.6) is 0 Å². The van der Waals surface area contributed by atoms with E-state index in [9.17, 15) is 9.59 Å². The Morgan fingerprint density at radius 2 is 1.81 bits per heavy atom. The van der Waals surface area contributed by atoms with Gasteiger partial charge in [0, 0.05) is 19.4 Å². The number of methoxy groups -OCH3 is 1. The molecule has 0 rings (SSSR count). The Hall–Kier alpha value is -1.06. The maximum Gasteiger partial charge on any atom is 0.305 e. The number of rotatable bonds is 9. The molecule has 4 heteroatoms.